The van der Waals surface area contributed by atoms with Gasteiger partial charge in [-0.25, -0.2) is 0 Å². The Morgan fingerprint density at radius 3 is 2.61 bits per heavy atom. The zero-order valence-electron chi connectivity index (χ0n) is 13.9. The van der Waals surface area contributed by atoms with Gasteiger partial charge in [-0.15, -0.1) is 0 Å². The van der Waals surface area contributed by atoms with Crippen LogP contribution in [0.5, 0.6) is 0 Å². The molecule has 0 radical (unpaired) electrons. The van der Waals surface area contributed by atoms with Crippen molar-refractivity contribution in [2.45, 2.75) is 38.5 Å². The summed E-state index contributed by atoms with van der Waals surface area (Å²) in [6, 6.07) is 9.17. The highest BCUT2D eigenvalue weighted by molar-refractivity contribution is 5.91. The number of nitrogens with one attached hydrogen (secondary N) is 3. The Morgan fingerprint density at radius 2 is 1.91 bits per heavy atom. The minimum Gasteiger partial charge on any atom is -0.367 e. The monoisotopic (exact) mass is 307 g/mol. The van der Waals surface area contributed by atoms with E-state index in [1.54, 1.807) is 0 Å². The maximum Gasteiger partial charge on any atom is 0.0515 e. The maximum atomic E-state index is 3.65. The van der Waals surface area contributed by atoms with Gasteiger partial charge in [0.1, 0.15) is 0 Å². The molecule has 0 saturated carbocycles. The Balaban J connectivity index is 1.85. The van der Waals surface area contributed by atoms with Crippen LogP contribution in [0.1, 0.15) is 49.7 Å². The van der Waals surface area contributed by atoms with E-state index >= 15 is 0 Å². The molecule has 3 heteroatoms. The molecule has 3 heterocycles. The van der Waals surface area contributed by atoms with Crippen LogP contribution in [-0.2, 0) is 0 Å². The second-order valence-corrected chi connectivity index (χ2v) is 7.00. The smallest absolute Gasteiger partial charge is 0.0515 e. The van der Waals surface area contributed by atoms with Crippen LogP contribution in [0.15, 0.2) is 36.7 Å². The number of H-pyrrole nitrogens is 2. The van der Waals surface area contributed by atoms with Crippen molar-refractivity contribution in [1.29, 1.82) is 0 Å². The molecule has 1 aliphatic heterocycles. The summed E-state index contributed by atoms with van der Waals surface area (Å²) in [5.41, 5.74) is 6.70. The molecule has 3 aromatic rings. The minimum atomic E-state index is 0.497. The molecule has 0 amide bonds. The van der Waals surface area contributed by atoms with E-state index in [1.165, 1.54) is 46.1 Å². The summed E-state index contributed by atoms with van der Waals surface area (Å²) in [5, 5.41) is 4.86. The number of piperidine rings is 1. The normalized spacial score (nSPS) is 16.5. The lowest BCUT2D eigenvalue weighted by molar-refractivity contribution is 0.460. The predicted octanol–water partition coefficient (Wildman–Crippen LogP) is 4.75. The van der Waals surface area contributed by atoms with Crippen LogP contribution in [-0.4, -0.2) is 23.1 Å². The van der Waals surface area contributed by atoms with Gasteiger partial charge < -0.3 is 15.3 Å². The van der Waals surface area contributed by atoms with E-state index in [0.29, 0.717) is 11.8 Å². The van der Waals surface area contributed by atoms with Gasteiger partial charge in [0.2, 0.25) is 0 Å². The first-order valence-corrected chi connectivity index (χ1v) is 8.73. The lowest BCUT2D eigenvalue weighted by Gasteiger charge is -2.23. The third-order valence-electron chi connectivity index (χ3n) is 5.14. The van der Waals surface area contributed by atoms with Crippen molar-refractivity contribution in [2.24, 2.45) is 0 Å². The lowest BCUT2D eigenvalue weighted by Crippen LogP contribution is -2.26. The Bertz CT molecular complexity index is 790. The van der Waals surface area contributed by atoms with Crippen molar-refractivity contribution in [2.75, 3.05) is 13.1 Å². The van der Waals surface area contributed by atoms with E-state index in [2.05, 4.69) is 59.6 Å². The highest BCUT2D eigenvalue weighted by atomic mass is 14.9. The molecule has 2 aromatic heterocycles. The third-order valence-corrected chi connectivity index (χ3v) is 5.14. The van der Waals surface area contributed by atoms with Crippen molar-refractivity contribution >= 4 is 10.9 Å². The molecule has 1 fully saturated rings. The summed E-state index contributed by atoms with van der Waals surface area (Å²) >= 11 is 0. The van der Waals surface area contributed by atoms with Gasteiger partial charge in [-0.2, -0.15) is 0 Å². The first-order chi connectivity index (χ1) is 11.2. The molecule has 1 aliphatic rings. The van der Waals surface area contributed by atoms with Crippen LogP contribution in [0.3, 0.4) is 0 Å². The average Bonchev–Trinajstić information content (AvgIpc) is 3.22. The summed E-state index contributed by atoms with van der Waals surface area (Å²) in [4.78, 5) is 6.82. The van der Waals surface area contributed by atoms with Crippen LogP contribution in [0.2, 0.25) is 0 Å². The summed E-state index contributed by atoms with van der Waals surface area (Å²) in [5.74, 6) is 1.20. The zero-order chi connectivity index (χ0) is 15.8. The van der Waals surface area contributed by atoms with E-state index in [-0.39, 0.29) is 0 Å². The van der Waals surface area contributed by atoms with Crippen LogP contribution in [0, 0.1) is 0 Å². The second kappa shape index (κ2) is 5.89. The highest BCUT2D eigenvalue weighted by Gasteiger charge is 2.19. The summed E-state index contributed by atoms with van der Waals surface area (Å²) in [7, 11) is 0. The molecule has 0 spiro atoms. The van der Waals surface area contributed by atoms with Crippen molar-refractivity contribution in [1.82, 2.24) is 15.3 Å². The zero-order valence-corrected chi connectivity index (χ0v) is 13.9. The topological polar surface area (TPSA) is 43.6 Å². The second-order valence-electron chi connectivity index (χ2n) is 7.00. The van der Waals surface area contributed by atoms with Crippen molar-refractivity contribution in [3.05, 3.63) is 47.8 Å². The molecule has 4 rings (SSSR count). The molecule has 3 N–H and O–H groups in total. The fraction of sp³-hybridized carbons (Fsp3) is 0.400. The van der Waals surface area contributed by atoms with E-state index in [9.17, 15) is 0 Å². The predicted molar refractivity (Wildman–Crippen MR) is 97.0 cm³/mol. The number of hydrogen-bond acceptors (Lipinski definition) is 1. The van der Waals surface area contributed by atoms with Gasteiger partial charge >= 0.3 is 0 Å². The minimum absolute atomic E-state index is 0.497. The molecule has 0 bridgehead atoms. The van der Waals surface area contributed by atoms with Gasteiger partial charge in [0, 0.05) is 28.9 Å². The molecule has 1 saturated heterocycles. The number of rotatable bonds is 3. The van der Waals surface area contributed by atoms with E-state index < -0.39 is 0 Å². The van der Waals surface area contributed by atoms with Crippen molar-refractivity contribution in [3.8, 4) is 11.3 Å². The van der Waals surface area contributed by atoms with Crippen LogP contribution < -0.4 is 5.32 Å². The Kier molecular flexibility index (Phi) is 3.74. The van der Waals surface area contributed by atoms with Gasteiger partial charge in [0.25, 0.3) is 0 Å². The van der Waals surface area contributed by atoms with Crippen LogP contribution in [0.4, 0.5) is 0 Å². The van der Waals surface area contributed by atoms with Gasteiger partial charge in [0.15, 0.2) is 0 Å². The molecule has 23 heavy (non-hydrogen) atoms. The third kappa shape index (κ3) is 2.59. The fourth-order valence-corrected chi connectivity index (χ4v) is 3.95. The van der Waals surface area contributed by atoms with E-state index in [1.807, 2.05) is 6.20 Å². The molecule has 3 nitrogen and oxygen atoms in total. The SMILES string of the molecule is CC(C)c1c(-c2cc[nH]c2)[nH]c2ccc(C3CCNCC3)cc12. The van der Waals surface area contributed by atoms with Crippen LogP contribution in [0.25, 0.3) is 22.2 Å². The number of benzene rings is 1. The van der Waals surface area contributed by atoms with Gasteiger partial charge in [-0.05, 0) is 67.1 Å². The molecular weight excluding hydrogens is 282 g/mol. The van der Waals surface area contributed by atoms with Gasteiger partial charge in [-0.1, -0.05) is 19.9 Å². The van der Waals surface area contributed by atoms with E-state index in [4.69, 9.17) is 0 Å². The summed E-state index contributed by atoms with van der Waals surface area (Å²) in [6.07, 6.45) is 6.56. The first-order valence-electron chi connectivity index (χ1n) is 8.73. The number of aromatic amines is 2. The standard InChI is InChI=1S/C20H25N3/c1-13(2)19-17-11-15(14-5-8-21-9-6-14)3-4-18(17)23-20(19)16-7-10-22-12-16/h3-4,7,10-14,21-23H,5-6,8-9H2,1-2H3. The molecule has 0 aliphatic carbocycles. The number of hydrogen-bond donors (Lipinski definition) is 3. The molecule has 1 aromatic carbocycles. The van der Waals surface area contributed by atoms with E-state index in [0.717, 1.165) is 13.1 Å². The summed E-state index contributed by atoms with van der Waals surface area (Å²) in [6.45, 7) is 6.86. The highest BCUT2D eigenvalue weighted by Crippen LogP contribution is 2.37. The Labute approximate surface area is 137 Å². The van der Waals surface area contributed by atoms with Crippen molar-refractivity contribution in [3.63, 3.8) is 0 Å². The molecule has 0 atom stereocenters. The quantitative estimate of drug-likeness (QED) is 0.642. The molecular formula is C20H25N3. The van der Waals surface area contributed by atoms with Gasteiger partial charge in [-0.3, -0.25) is 0 Å². The average molecular weight is 307 g/mol. The number of fused-ring (bicyclic) bond motifs is 1. The Morgan fingerprint density at radius 1 is 1.09 bits per heavy atom. The first kappa shape index (κ1) is 14.6. The largest absolute Gasteiger partial charge is 0.367 e. The molecule has 120 valence electrons. The lowest BCUT2D eigenvalue weighted by atomic mass is 9.88. The maximum absolute atomic E-state index is 3.65. The molecule has 0 unspecified atom stereocenters. The van der Waals surface area contributed by atoms with Crippen LogP contribution >= 0.6 is 0 Å². The number of aromatic nitrogens is 2. The van der Waals surface area contributed by atoms with Gasteiger partial charge in [0.05, 0.1) is 5.69 Å². The van der Waals surface area contributed by atoms with Crippen molar-refractivity contribution < 1.29 is 0 Å². The summed E-state index contributed by atoms with van der Waals surface area (Å²) < 4.78 is 0. The fourth-order valence-electron chi connectivity index (χ4n) is 3.95. The Hall–Kier alpha value is -2.00.